The van der Waals surface area contributed by atoms with Crippen molar-refractivity contribution in [3.63, 3.8) is 0 Å². The zero-order valence-electron chi connectivity index (χ0n) is 26.4. The van der Waals surface area contributed by atoms with E-state index in [-0.39, 0.29) is 59.6 Å². The van der Waals surface area contributed by atoms with Crippen molar-refractivity contribution in [1.82, 2.24) is 20.2 Å². The third-order valence-corrected chi connectivity index (χ3v) is 11.3. The minimum Gasteiger partial charge on any atom is -0.461 e. The summed E-state index contributed by atoms with van der Waals surface area (Å²) in [4.78, 5) is 14.3. The molecular weight excluding hydrogens is 630 g/mol. The molecule has 6 heterocycles. The zero-order chi connectivity index (χ0) is 32.7. The second-order valence-electron chi connectivity index (χ2n) is 12.1. The number of piperazine rings is 1. The molecule has 9 nitrogen and oxygen atoms in total. The van der Waals surface area contributed by atoms with Gasteiger partial charge in [-0.05, 0) is 69.7 Å². The number of fused-ring (bicyclic) bond motifs is 3. The van der Waals surface area contributed by atoms with E-state index in [2.05, 4.69) is 20.1 Å². The van der Waals surface area contributed by atoms with Crippen molar-refractivity contribution in [1.29, 1.82) is 10.7 Å². The van der Waals surface area contributed by atoms with Gasteiger partial charge in [-0.25, -0.2) is 8.78 Å². The Morgan fingerprint density at radius 1 is 1.28 bits per heavy atom. The lowest BCUT2D eigenvalue weighted by Crippen LogP contribution is -2.51. The molecule has 0 radical (unpaired) electrons. The SMILES string of the molecule is C/C(c1c(Cl)c2c3c(nc(OCC45CCCN4CCC5)nc3c1F)N1CCNCC1CC2)=c1/c(C#N)c(N)s/c1=C(\F)C=N.CC. The Labute approximate surface area is 276 Å². The van der Waals surface area contributed by atoms with Crippen LogP contribution >= 0.6 is 22.9 Å². The van der Waals surface area contributed by atoms with E-state index in [4.69, 9.17) is 32.5 Å². The number of nitrogens with zero attached hydrogens (tertiary/aromatic N) is 5. The van der Waals surface area contributed by atoms with Crippen molar-refractivity contribution in [2.75, 3.05) is 50.0 Å². The molecule has 0 saturated carbocycles. The van der Waals surface area contributed by atoms with Gasteiger partial charge in [-0.3, -0.25) is 4.90 Å². The molecule has 0 spiro atoms. The third kappa shape index (κ3) is 5.21. The van der Waals surface area contributed by atoms with Crippen LogP contribution in [-0.4, -0.2) is 72.0 Å². The summed E-state index contributed by atoms with van der Waals surface area (Å²) in [6.45, 7) is 10.4. The average Bonchev–Trinajstić information content (AvgIpc) is 3.73. The molecule has 0 aliphatic carbocycles. The van der Waals surface area contributed by atoms with Crippen LogP contribution in [-0.2, 0) is 6.42 Å². The highest BCUT2D eigenvalue weighted by Gasteiger charge is 2.45. The van der Waals surface area contributed by atoms with Gasteiger partial charge in [0.25, 0.3) is 0 Å². The number of nitrogen functional groups attached to an aromatic ring is 1. The van der Waals surface area contributed by atoms with E-state index in [1.54, 1.807) is 6.92 Å². The zero-order valence-corrected chi connectivity index (χ0v) is 28.0. The van der Waals surface area contributed by atoms with Crippen LogP contribution in [0, 0.1) is 22.6 Å². The van der Waals surface area contributed by atoms with Crippen LogP contribution in [0.15, 0.2) is 0 Å². The molecule has 46 heavy (non-hydrogen) atoms. The van der Waals surface area contributed by atoms with E-state index < -0.39 is 11.6 Å². The number of nitrogens with two attached hydrogens (primary N) is 1. The van der Waals surface area contributed by atoms with E-state index >= 15 is 4.39 Å². The maximum absolute atomic E-state index is 17.0. The van der Waals surface area contributed by atoms with Crippen molar-refractivity contribution in [3.8, 4) is 12.1 Å². The summed E-state index contributed by atoms with van der Waals surface area (Å²) in [6.07, 6.45) is 6.22. The lowest BCUT2D eigenvalue weighted by molar-refractivity contribution is 0.108. The first-order valence-electron chi connectivity index (χ1n) is 16.0. The summed E-state index contributed by atoms with van der Waals surface area (Å²) < 4.78 is 38.2. The second-order valence-corrected chi connectivity index (χ2v) is 13.5. The maximum Gasteiger partial charge on any atom is 0.319 e. The van der Waals surface area contributed by atoms with Crippen LogP contribution in [0.25, 0.3) is 22.3 Å². The van der Waals surface area contributed by atoms with E-state index in [0.29, 0.717) is 42.6 Å². The Kier molecular flexibility index (Phi) is 9.22. The van der Waals surface area contributed by atoms with Crippen LogP contribution in [0.3, 0.4) is 0 Å². The Morgan fingerprint density at radius 3 is 2.72 bits per heavy atom. The van der Waals surface area contributed by atoms with Crippen LogP contribution in [0.2, 0.25) is 5.02 Å². The molecule has 0 amide bonds. The molecule has 2 aromatic heterocycles. The molecule has 1 unspecified atom stereocenters. The lowest BCUT2D eigenvalue weighted by Gasteiger charge is -2.36. The van der Waals surface area contributed by atoms with Gasteiger partial charge in [-0.2, -0.15) is 15.2 Å². The van der Waals surface area contributed by atoms with Crippen LogP contribution in [0.1, 0.15) is 69.6 Å². The number of aromatic nitrogens is 2. The molecule has 3 fully saturated rings. The average molecular weight is 669 g/mol. The molecule has 4 aliphatic rings. The highest BCUT2D eigenvalue weighted by molar-refractivity contribution is 7.14. The molecule has 1 atom stereocenters. The van der Waals surface area contributed by atoms with Gasteiger partial charge in [0.1, 0.15) is 29.0 Å². The fourth-order valence-corrected chi connectivity index (χ4v) is 9.12. The van der Waals surface area contributed by atoms with Crippen molar-refractivity contribution in [2.24, 2.45) is 0 Å². The first-order valence-corrected chi connectivity index (χ1v) is 17.2. The predicted molar refractivity (Wildman–Crippen MR) is 181 cm³/mol. The number of thiophene rings is 1. The van der Waals surface area contributed by atoms with Gasteiger partial charge in [-0.1, -0.05) is 25.4 Å². The standard InChI is InChI=1S/C31H33ClF2N8OS.C2H6/c1-16(21-19(12-35)28(37)44-27(21)20(33)13-36)22-24(32)18-5-4-17-14-38-8-11-42(17)29-23(18)26(25(22)34)39-30(40-29)43-15-31-6-2-9-41(31)10-3-7-31;1-2/h13,17,36,38H,2-11,14-15,37H2,1H3;1-2H3/b21-16+,27-20-,36-13?;. The first-order chi connectivity index (χ1) is 22.3. The van der Waals surface area contributed by atoms with Crippen molar-refractivity contribution >= 4 is 62.3 Å². The number of halogens is 3. The number of aryl methyl sites for hydroxylation is 1. The molecular formula is C33H39ClF2N8OS. The highest BCUT2D eigenvalue weighted by Crippen LogP contribution is 2.44. The minimum atomic E-state index is -0.870. The van der Waals surface area contributed by atoms with E-state index in [0.717, 1.165) is 69.6 Å². The molecule has 3 aromatic rings. The Balaban J connectivity index is 0.00000182. The van der Waals surface area contributed by atoms with Crippen molar-refractivity contribution in [2.45, 2.75) is 70.9 Å². The van der Waals surface area contributed by atoms with Crippen LogP contribution in [0.4, 0.5) is 19.6 Å². The summed E-state index contributed by atoms with van der Waals surface area (Å²) in [5, 5.41) is 21.8. The number of benzene rings is 1. The van der Waals surface area contributed by atoms with Gasteiger partial charge in [-0.15, -0.1) is 11.3 Å². The third-order valence-electron chi connectivity index (χ3n) is 9.85. The van der Waals surface area contributed by atoms with Crippen molar-refractivity contribution in [3.05, 3.63) is 37.3 Å². The van der Waals surface area contributed by atoms with Gasteiger partial charge in [0, 0.05) is 36.5 Å². The van der Waals surface area contributed by atoms with Gasteiger partial charge in [0.05, 0.1) is 32.3 Å². The second kappa shape index (κ2) is 13.0. The number of ether oxygens (including phenoxy) is 1. The molecule has 4 aliphatic heterocycles. The molecule has 13 heteroatoms. The molecule has 0 bridgehead atoms. The molecule has 4 N–H and O–H groups in total. The quantitative estimate of drug-likeness (QED) is 0.336. The number of anilines is 2. The normalized spacial score (nSPS) is 21.4. The van der Waals surface area contributed by atoms with Gasteiger partial charge in [0.15, 0.2) is 11.6 Å². The van der Waals surface area contributed by atoms with Crippen molar-refractivity contribution < 1.29 is 13.5 Å². The molecule has 244 valence electrons. The monoisotopic (exact) mass is 668 g/mol. The largest absolute Gasteiger partial charge is 0.461 e. The number of nitriles is 1. The van der Waals surface area contributed by atoms with E-state index in [9.17, 15) is 9.65 Å². The number of hydrogen-bond acceptors (Lipinski definition) is 10. The molecule has 7 rings (SSSR count). The predicted octanol–water partition coefficient (Wildman–Crippen LogP) is 4.64. The highest BCUT2D eigenvalue weighted by atomic mass is 35.5. The summed E-state index contributed by atoms with van der Waals surface area (Å²) in [5.74, 6) is -0.947. The topological polar surface area (TPSA) is 127 Å². The summed E-state index contributed by atoms with van der Waals surface area (Å²) in [6, 6.07) is 2.28. The van der Waals surface area contributed by atoms with Gasteiger partial charge >= 0.3 is 6.01 Å². The summed E-state index contributed by atoms with van der Waals surface area (Å²) >= 11 is 7.93. The Hall–Kier alpha value is -3.37. The molecule has 1 aromatic carbocycles. The number of nitrogens with one attached hydrogen (secondary N) is 2. The van der Waals surface area contributed by atoms with Gasteiger partial charge < -0.3 is 26.1 Å². The minimum absolute atomic E-state index is 0.0134. The van der Waals surface area contributed by atoms with Gasteiger partial charge in [0.2, 0.25) is 0 Å². The fraction of sp³-hybridized carbons (Fsp3) is 0.515. The molecule has 3 saturated heterocycles. The maximum atomic E-state index is 17.0. The Bertz CT molecular complexity index is 1860. The number of hydrogen-bond donors (Lipinski definition) is 3. The Morgan fingerprint density at radius 2 is 2.02 bits per heavy atom. The van der Waals surface area contributed by atoms with Crippen LogP contribution in [0.5, 0.6) is 6.01 Å². The van der Waals surface area contributed by atoms with Crippen LogP contribution < -0.4 is 30.4 Å². The number of rotatable bonds is 5. The smallest absolute Gasteiger partial charge is 0.319 e. The fourth-order valence-electron chi connectivity index (χ4n) is 7.72. The van der Waals surface area contributed by atoms with E-state index in [1.165, 1.54) is 0 Å². The summed E-state index contributed by atoms with van der Waals surface area (Å²) in [7, 11) is 0. The summed E-state index contributed by atoms with van der Waals surface area (Å²) in [5.41, 5.74) is 7.16. The van der Waals surface area contributed by atoms with E-state index in [1.807, 2.05) is 19.9 Å². The first kappa shape index (κ1) is 32.6. The lowest BCUT2D eigenvalue weighted by atomic mass is 9.94.